The standard InChI is InChI=1S/C18H17FN4OS2/c1-2-3-13-10-22-16(26-13)14(24)8-12-4-6-21-15(9-12)18(11-19)5-7-25-17(20)23-18/h4,6,9-10H,5,7-8,11H2,1H3,(H2,20,23)/t18-/m1/s1. The molecule has 0 aliphatic carbocycles. The van der Waals surface area contributed by atoms with Gasteiger partial charge in [-0.3, -0.25) is 9.78 Å². The second-order valence-electron chi connectivity index (χ2n) is 5.77. The average molecular weight is 388 g/mol. The molecule has 2 aromatic rings. The number of alkyl halides is 1. The van der Waals surface area contributed by atoms with E-state index >= 15 is 0 Å². The SMILES string of the molecule is CC#Cc1cnc(C(=O)Cc2ccnc([C@]3(CF)CCSC(N)=N3)c2)s1. The van der Waals surface area contributed by atoms with Gasteiger partial charge in [0.05, 0.1) is 16.8 Å². The monoisotopic (exact) mass is 388 g/mol. The van der Waals surface area contributed by atoms with Gasteiger partial charge in [0.2, 0.25) is 0 Å². The summed E-state index contributed by atoms with van der Waals surface area (Å²) in [5.74, 6) is 6.26. The second kappa shape index (κ2) is 7.98. The van der Waals surface area contributed by atoms with Gasteiger partial charge < -0.3 is 5.73 Å². The Bertz CT molecular complexity index is 915. The van der Waals surface area contributed by atoms with E-state index in [1.165, 1.54) is 23.1 Å². The first-order chi connectivity index (χ1) is 12.6. The smallest absolute Gasteiger partial charge is 0.195 e. The van der Waals surface area contributed by atoms with Gasteiger partial charge in [0.25, 0.3) is 0 Å². The van der Waals surface area contributed by atoms with Crippen molar-refractivity contribution in [2.45, 2.75) is 25.3 Å². The van der Waals surface area contributed by atoms with Crippen LogP contribution in [0.4, 0.5) is 4.39 Å². The number of ketones is 1. The second-order valence-corrected chi connectivity index (χ2v) is 7.91. The fourth-order valence-electron chi connectivity index (χ4n) is 2.66. The molecule has 0 saturated heterocycles. The number of hydrogen-bond acceptors (Lipinski definition) is 7. The first kappa shape index (κ1) is 18.5. The zero-order valence-corrected chi connectivity index (χ0v) is 15.8. The van der Waals surface area contributed by atoms with Gasteiger partial charge in [0, 0.05) is 18.4 Å². The third-order valence-corrected chi connectivity index (χ3v) is 5.72. The van der Waals surface area contributed by atoms with E-state index in [9.17, 15) is 9.18 Å². The highest BCUT2D eigenvalue weighted by Crippen LogP contribution is 2.35. The third-order valence-electron chi connectivity index (χ3n) is 3.97. The van der Waals surface area contributed by atoms with Crippen molar-refractivity contribution in [1.29, 1.82) is 0 Å². The normalized spacial score (nSPS) is 19.4. The van der Waals surface area contributed by atoms with Crippen LogP contribution in [0.3, 0.4) is 0 Å². The molecule has 5 nitrogen and oxygen atoms in total. The molecular formula is C18H17FN4OS2. The predicted molar refractivity (Wildman–Crippen MR) is 103 cm³/mol. The maximum absolute atomic E-state index is 13.8. The molecular weight excluding hydrogens is 371 g/mol. The number of aliphatic imine (C=N–C) groups is 1. The molecule has 0 aromatic carbocycles. The Labute approximate surface area is 159 Å². The molecule has 1 aliphatic heterocycles. The summed E-state index contributed by atoms with van der Waals surface area (Å²) in [6.45, 7) is 1.06. The van der Waals surface area contributed by atoms with Crippen LogP contribution in [-0.2, 0) is 12.0 Å². The molecule has 134 valence electrons. The lowest BCUT2D eigenvalue weighted by atomic mass is 9.92. The number of carbonyl (C=O) groups is 1. The van der Waals surface area contributed by atoms with Gasteiger partial charge in [-0.05, 0) is 31.0 Å². The minimum absolute atomic E-state index is 0.104. The predicted octanol–water partition coefficient (Wildman–Crippen LogP) is 2.95. The summed E-state index contributed by atoms with van der Waals surface area (Å²) in [5.41, 5.74) is 5.99. The molecule has 0 fully saturated rings. The van der Waals surface area contributed by atoms with Gasteiger partial charge in [0.1, 0.15) is 12.2 Å². The van der Waals surface area contributed by atoms with Crippen molar-refractivity contribution in [2.24, 2.45) is 10.7 Å². The Morgan fingerprint density at radius 1 is 1.46 bits per heavy atom. The highest BCUT2D eigenvalue weighted by molar-refractivity contribution is 8.13. The van der Waals surface area contributed by atoms with E-state index in [0.717, 1.165) is 10.4 Å². The van der Waals surface area contributed by atoms with Crippen molar-refractivity contribution in [1.82, 2.24) is 9.97 Å². The lowest BCUT2D eigenvalue weighted by Crippen LogP contribution is -2.34. The van der Waals surface area contributed by atoms with Crippen molar-refractivity contribution >= 4 is 34.0 Å². The minimum atomic E-state index is -1.06. The van der Waals surface area contributed by atoms with E-state index in [4.69, 9.17) is 5.73 Å². The van der Waals surface area contributed by atoms with Crippen LogP contribution < -0.4 is 5.73 Å². The van der Waals surface area contributed by atoms with E-state index < -0.39 is 12.2 Å². The maximum Gasteiger partial charge on any atom is 0.195 e. The molecule has 2 N–H and O–H groups in total. The van der Waals surface area contributed by atoms with Crippen molar-refractivity contribution in [3.63, 3.8) is 0 Å². The number of pyridine rings is 1. The van der Waals surface area contributed by atoms with E-state index in [1.807, 2.05) is 0 Å². The first-order valence-corrected chi connectivity index (χ1v) is 9.78. The number of Topliss-reactive ketones (excluding diaryl/α,β-unsaturated/α-hetero) is 1. The number of nitrogens with zero attached hydrogens (tertiary/aromatic N) is 3. The molecule has 0 amide bonds. The van der Waals surface area contributed by atoms with Crippen LogP contribution in [0.25, 0.3) is 0 Å². The Kier molecular flexibility index (Phi) is 5.69. The Hall–Kier alpha value is -2.24. The number of halogens is 1. The fraction of sp³-hybridized carbons (Fsp3) is 0.333. The molecule has 0 spiro atoms. The van der Waals surface area contributed by atoms with Gasteiger partial charge in [-0.2, -0.15) is 0 Å². The molecule has 1 atom stereocenters. The van der Waals surface area contributed by atoms with Crippen molar-refractivity contribution in [3.8, 4) is 11.8 Å². The van der Waals surface area contributed by atoms with Crippen molar-refractivity contribution in [2.75, 3.05) is 12.4 Å². The largest absolute Gasteiger partial charge is 0.379 e. The Morgan fingerprint density at radius 2 is 2.31 bits per heavy atom. The summed E-state index contributed by atoms with van der Waals surface area (Å²) in [4.78, 5) is 26.0. The number of aromatic nitrogens is 2. The van der Waals surface area contributed by atoms with Crippen molar-refractivity contribution in [3.05, 3.63) is 45.7 Å². The molecule has 2 aromatic heterocycles. The van der Waals surface area contributed by atoms with Crippen molar-refractivity contribution < 1.29 is 9.18 Å². The van der Waals surface area contributed by atoms with Crippen LogP contribution in [-0.4, -0.2) is 33.3 Å². The Morgan fingerprint density at radius 3 is 3.04 bits per heavy atom. The van der Waals surface area contributed by atoms with E-state index in [1.54, 1.807) is 31.5 Å². The first-order valence-electron chi connectivity index (χ1n) is 7.97. The highest BCUT2D eigenvalue weighted by Gasteiger charge is 2.36. The van der Waals surface area contributed by atoms with E-state index in [2.05, 4.69) is 26.8 Å². The van der Waals surface area contributed by atoms with Crippen LogP contribution in [0.5, 0.6) is 0 Å². The fourth-order valence-corrected chi connectivity index (χ4v) is 4.30. The van der Waals surface area contributed by atoms with Gasteiger partial charge in [0.15, 0.2) is 16.0 Å². The molecule has 0 saturated carbocycles. The molecule has 3 heterocycles. The quantitative estimate of drug-likeness (QED) is 0.629. The summed E-state index contributed by atoms with van der Waals surface area (Å²) in [6.07, 6.45) is 3.86. The molecule has 26 heavy (non-hydrogen) atoms. The van der Waals surface area contributed by atoms with E-state index in [-0.39, 0.29) is 12.2 Å². The van der Waals surface area contributed by atoms with Gasteiger partial charge in [-0.25, -0.2) is 14.4 Å². The molecule has 0 unspecified atom stereocenters. The third kappa shape index (κ3) is 3.94. The van der Waals surface area contributed by atoms with E-state index in [0.29, 0.717) is 28.0 Å². The Balaban J connectivity index is 1.83. The van der Waals surface area contributed by atoms with Crippen LogP contribution in [0.2, 0.25) is 0 Å². The number of thioether (sulfide) groups is 1. The lowest BCUT2D eigenvalue weighted by Gasteiger charge is -2.30. The number of carbonyl (C=O) groups excluding carboxylic acids is 1. The van der Waals surface area contributed by atoms with Gasteiger partial charge >= 0.3 is 0 Å². The molecule has 0 radical (unpaired) electrons. The average Bonchev–Trinajstić information content (AvgIpc) is 3.11. The van der Waals surface area contributed by atoms with Crippen LogP contribution in [0.15, 0.2) is 29.5 Å². The van der Waals surface area contributed by atoms with Crippen LogP contribution >= 0.6 is 23.1 Å². The number of nitrogens with two attached hydrogens (primary N) is 1. The zero-order chi connectivity index (χ0) is 18.6. The highest BCUT2D eigenvalue weighted by atomic mass is 32.2. The summed E-state index contributed by atoms with van der Waals surface area (Å²) < 4.78 is 13.8. The van der Waals surface area contributed by atoms with Crippen LogP contribution in [0, 0.1) is 11.8 Å². The minimum Gasteiger partial charge on any atom is -0.379 e. The topological polar surface area (TPSA) is 81.2 Å². The summed E-state index contributed by atoms with van der Waals surface area (Å²) in [6, 6.07) is 3.49. The van der Waals surface area contributed by atoms with Gasteiger partial charge in [-0.15, -0.1) is 17.3 Å². The summed E-state index contributed by atoms with van der Waals surface area (Å²) in [5, 5.41) is 0.780. The number of amidine groups is 1. The zero-order valence-electron chi connectivity index (χ0n) is 14.2. The molecule has 0 bridgehead atoms. The lowest BCUT2D eigenvalue weighted by molar-refractivity contribution is 0.0992. The maximum atomic E-state index is 13.8. The number of rotatable bonds is 5. The van der Waals surface area contributed by atoms with Gasteiger partial charge in [-0.1, -0.05) is 17.7 Å². The summed E-state index contributed by atoms with van der Waals surface area (Å²) >= 11 is 2.68. The molecule has 8 heteroatoms. The summed E-state index contributed by atoms with van der Waals surface area (Å²) in [7, 11) is 0. The number of thiazole rings is 1. The molecule has 3 rings (SSSR count). The molecule has 1 aliphatic rings. The number of hydrogen-bond donors (Lipinski definition) is 1. The van der Waals surface area contributed by atoms with Crippen LogP contribution in [0.1, 0.15) is 39.3 Å².